The van der Waals surface area contributed by atoms with Gasteiger partial charge in [-0.25, -0.2) is 4.79 Å². The Labute approximate surface area is 109 Å². The Morgan fingerprint density at radius 3 is 2.67 bits per heavy atom. The molecule has 4 heteroatoms. The minimum Gasteiger partial charge on any atom is -0.478 e. The molecule has 0 saturated heterocycles. The van der Waals surface area contributed by atoms with Crippen molar-refractivity contribution >= 4 is 23.4 Å². The number of aliphatic carboxylic acids is 1. The van der Waals surface area contributed by atoms with Crippen LogP contribution in [0.1, 0.15) is 22.9 Å². The summed E-state index contributed by atoms with van der Waals surface area (Å²) in [6.07, 6.45) is 4.40. The molecule has 0 aliphatic rings. The second-order valence-electron chi connectivity index (χ2n) is 4.02. The molecule has 3 nitrogen and oxygen atoms in total. The first-order valence-electron chi connectivity index (χ1n) is 5.53. The topological polar surface area (TPSA) is 50.2 Å². The van der Waals surface area contributed by atoms with E-state index in [1.54, 1.807) is 24.3 Å². The lowest BCUT2D eigenvalue weighted by atomic mass is 10.1. The highest BCUT2D eigenvalue weighted by molar-refractivity contribution is 7.09. The number of aromatic nitrogens is 1. The zero-order valence-corrected chi connectivity index (χ0v) is 10.8. The minimum atomic E-state index is -0.885. The predicted molar refractivity (Wildman–Crippen MR) is 72.6 cm³/mol. The lowest BCUT2D eigenvalue weighted by Crippen LogP contribution is -1.95. The second-order valence-corrected chi connectivity index (χ2v) is 4.99. The van der Waals surface area contributed by atoms with E-state index in [0.29, 0.717) is 5.57 Å². The van der Waals surface area contributed by atoms with Crippen LogP contribution in [0, 0.1) is 0 Å². The van der Waals surface area contributed by atoms with Crippen molar-refractivity contribution in [3.05, 3.63) is 57.6 Å². The molecule has 0 amide bonds. The molecule has 1 heterocycles. The zero-order valence-electron chi connectivity index (χ0n) is 9.96. The van der Waals surface area contributed by atoms with Crippen LogP contribution in [-0.4, -0.2) is 16.1 Å². The van der Waals surface area contributed by atoms with Gasteiger partial charge in [-0.05, 0) is 24.1 Å². The molecule has 0 aliphatic carbocycles. The Kier molecular flexibility index (Phi) is 3.89. The third-order valence-electron chi connectivity index (χ3n) is 2.56. The summed E-state index contributed by atoms with van der Waals surface area (Å²) < 4.78 is 0. The molecule has 0 unspecified atom stereocenters. The van der Waals surface area contributed by atoms with Gasteiger partial charge in [-0.15, -0.1) is 11.3 Å². The average molecular weight is 259 g/mol. The summed E-state index contributed by atoms with van der Waals surface area (Å²) in [5.41, 5.74) is 4.26. The van der Waals surface area contributed by atoms with Crippen molar-refractivity contribution in [1.29, 1.82) is 0 Å². The largest absolute Gasteiger partial charge is 0.478 e. The molecule has 0 bridgehead atoms. The molecule has 2 aromatic rings. The maximum atomic E-state index is 10.7. The minimum absolute atomic E-state index is 0.338. The van der Waals surface area contributed by atoms with Crippen molar-refractivity contribution in [2.45, 2.75) is 13.3 Å². The fraction of sp³-hybridized carbons (Fsp3) is 0.143. The van der Waals surface area contributed by atoms with Crippen LogP contribution in [0.2, 0.25) is 0 Å². The highest BCUT2D eigenvalue weighted by atomic mass is 32.1. The summed E-state index contributed by atoms with van der Waals surface area (Å²) >= 11 is 1.64. The lowest BCUT2D eigenvalue weighted by molar-refractivity contribution is -0.132. The standard InChI is InChI=1S/C14H13NO2S/c1-10(14(16)17)6-11-2-4-12(5-3-11)7-13-8-15-9-18-13/h2-6,8-9H,7H2,1H3,(H,16,17)/b10-6+. The third-order valence-corrected chi connectivity index (χ3v) is 3.34. The van der Waals surface area contributed by atoms with Crippen molar-refractivity contribution in [3.8, 4) is 0 Å². The van der Waals surface area contributed by atoms with Gasteiger partial charge in [0.2, 0.25) is 0 Å². The van der Waals surface area contributed by atoms with Crippen molar-refractivity contribution in [2.75, 3.05) is 0 Å². The van der Waals surface area contributed by atoms with Crippen LogP contribution in [0.4, 0.5) is 0 Å². The van der Waals surface area contributed by atoms with Crippen LogP contribution in [0.15, 0.2) is 41.5 Å². The summed E-state index contributed by atoms with van der Waals surface area (Å²) in [6.45, 7) is 1.59. The lowest BCUT2D eigenvalue weighted by Gasteiger charge is -2.00. The smallest absolute Gasteiger partial charge is 0.331 e. The maximum Gasteiger partial charge on any atom is 0.331 e. The number of hydrogen-bond acceptors (Lipinski definition) is 3. The van der Waals surface area contributed by atoms with E-state index in [4.69, 9.17) is 5.11 Å². The quantitative estimate of drug-likeness (QED) is 0.858. The van der Waals surface area contributed by atoms with Crippen LogP contribution in [-0.2, 0) is 11.2 Å². The summed E-state index contributed by atoms with van der Waals surface area (Å²) in [6, 6.07) is 7.90. The number of carbonyl (C=O) groups is 1. The monoisotopic (exact) mass is 259 g/mol. The number of carboxylic acids is 1. The first-order valence-corrected chi connectivity index (χ1v) is 6.41. The number of hydrogen-bond donors (Lipinski definition) is 1. The number of rotatable bonds is 4. The van der Waals surface area contributed by atoms with E-state index in [-0.39, 0.29) is 0 Å². The molecule has 1 aromatic heterocycles. The fourth-order valence-corrected chi connectivity index (χ4v) is 2.20. The fourth-order valence-electron chi connectivity index (χ4n) is 1.57. The van der Waals surface area contributed by atoms with Gasteiger partial charge < -0.3 is 5.11 Å². The molecule has 0 fully saturated rings. The van der Waals surface area contributed by atoms with Gasteiger partial charge in [0.1, 0.15) is 0 Å². The van der Waals surface area contributed by atoms with Crippen molar-refractivity contribution in [3.63, 3.8) is 0 Å². The maximum absolute atomic E-state index is 10.7. The van der Waals surface area contributed by atoms with E-state index < -0.39 is 5.97 Å². The van der Waals surface area contributed by atoms with Gasteiger partial charge in [-0.2, -0.15) is 0 Å². The third kappa shape index (κ3) is 3.28. The highest BCUT2D eigenvalue weighted by Gasteiger charge is 2.01. The van der Waals surface area contributed by atoms with Crippen molar-refractivity contribution in [1.82, 2.24) is 4.98 Å². The predicted octanol–water partition coefficient (Wildman–Crippen LogP) is 3.22. The van der Waals surface area contributed by atoms with Gasteiger partial charge in [0, 0.05) is 23.1 Å². The number of thiazole rings is 1. The molecule has 1 aromatic carbocycles. The van der Waals surface area contributed by atoms with Crippen molar-refractivity contribution < 1.29 is 9.90 Å². The first-order chi connectivity index (χ1) is 8.65. The molecule has 0 radical (unpaired) electrons. The SMILES string of the molecule is C/C(=C\c1ccc(Cc2cncs2)cc1)C(=O)O. The summed E-state index contributed by atoms with van der Waals surface area (Å²) in [5, 5.41) is 8.80. The normalized spacial score (nSPS) is 11.5. The highest BCUT2D eigenvalue weighted by Crippen LogP contribution is 2.15. The second kappa shape index (κ2) is 5.60. The van der Waals surface area contributed by atoms with Gasteiger partial charge in [0.15, 0.2) is 0 Å². The van der Waals surface area contributed by atoms with E-state index in [1.807, 2.05) is 36.0 Å². The van der Waals surface area contributed by atoms with Crippen LogP contribution in [0.5, 0.6) is 0 Å². The molecular weight excluding hydrogens is 246 g/mol. The summed E-state index contributed by atoms with van der Waals surface area (Å²) in [4.78, 5) is 16.0. The number of carboxylic acid groups (broad SMARTS) is 1. The molecule has 2 rings (SSSR count). The van der Waals surface area contributed by atoms with Crippen molar-refractivity contribution in [2.24, 2.45) is 0 Å². The molecule has 0 spiro atoms. The van der Waals surface area contributed by atoms with Crippen LogP contribution >= 0.6 is 11.3 Å². The molecule has 0 atom stereocenters. The van der Waals surface area contributed by atoms with E-state index in [0.717, 1.165) is 12.0 Å². The molecular formula is C14H13NO2S. The van der Waals surface area contributed by atoms with Gasteiger partial charge in [0.25, 0.3) is 0 Å². The number of nitrogens with zero attached hydrogens (tertiary/aromatic N) is 1. The molecule has 0 saturated carbocycles. The summed E-state index contributed by atoms with van der Waals surface area (Å²) in [7, 11) is 0. The Morgan fingerprint density at radius 1 is 1.39 bits per heavy atom. The van der Waals surface area contributed by atoms with E-state index in [2.05, 4.69) is 4.98 Å². The molecule has 92 valence electrons. The van der Waals surface area contributed by atoms with E-state index >= 15 is 0 Å². The zero-order chi connectivity index (χ0) is 13.0. The summed E-state index contributed by atoms with van der Waals surface area (Å²) in [5.74, 6) is -0.885. The van der Waals surface area contributed by atoms with E-state index in [9.17, 15) is 4.79 Å². The molecule has 0 aliphatic heterocycles. The Hall–Kier alpha value is -1.94. The average Bonchev–Trinajstić information content (AvgIpc) is 2.84. The van der Waals surface area contributed by atoms with Crippen LogP contribution < -0.4 is 0 Å². The van der Waals surface area contributed by atoms with Gasteiger partial charge in [-0.3, -0.25) is 4.98 Å². The number of benzene rings is 1. The van der Waals surface area contributed by atoms with Crippen LogP contribution in [0.25, 0.3) is 6.08 Å². The molecule has 18 heavy (non-hydrogen) atoms. The Morgan fingerprint density at radius 2 is 2.11 bits per heavy atom. The van der Waals surface area contributed by atoms with E-state index in [1.165, 1.54) is 10.4 Å². The van der Waals surface area contributed by atoms with Gasteiger partial charge in [-0.1, -0.05) is 24.3 Å². The first kappa shape index (κ1) is 12.5. The Bertz CT molecular complexity index is 556. The van der Waals surface area contributed by atoms with Gasteiger partial charge in [0.05, 0.1) is 5.51 Å². The molecule has 1 N–H and O–H groups in total. The van der Waals surface area contributed by atoms with Gasteiger partial charge >= 0.3 is 5.97 Å². The van der Waals surface area contributed by atoms with Crippen LogP contribution in [0.3, 0.4) is 0 Å². The Balaban J connectivity index is 2.10.